The molecule has 33 heavy (non-hydrogen) atoms. The standard InChI is InChI=1S/C30H27N3/c1-4-16-28(17-5-1)31-22-10-12-24-32(29-18-6-2-7-19-29)26-14-15-27-33(25-13-11-23-31)30-20-8-3-9-21-30/h1-9,16-21H,22-27H2. The van der Waals surface area contributed by atoms with Gasteiger partial charge in [-0.1, -0.05) is 90.1 Å². The smallest absolute Gasteiger partial charge is 0.0804 e. The van der Waals surface area contributed by atoms with E-state index >= 15 is 0 Å². The van der Waals surface area contributed by atoms with Gasteiger partial charge < -0.3 is 14.7 Å². The minimum Gasteiger partial charge on any atom is -0.349 e. The molecule has 0 aliphatic carbocycles. The molecule has 0 unspecified atom stereocenters. The number of anilines is 3. The van der Waals surface area contributed by atoms with Crippen LogP contribution in [0.5, 0.6) is 0 Å². The summed E-state index contributed by atoms with van der Waals surface area (Å²) in [5.41, 5.74) is 3.40. The summed E-state index contributed by atoms with van der Waals surface area (Å²) < 4.78 is 0. The number of hydrogen-bond acceptors (Lipinski definition) is 3. The summed E-state index contributed by atoms with van der Waals surface area (Å²) in [5.74, 6) is 20.1. The normalized spacial score (nSPS) is 14.4. The molecule has 162 valence electrons. The van der Waals surface area contributed by atoms with Gasteiger partial charge in [-0.25, -0.2) is 0 Å². The van der Waals surface area contributed by atoms with Crippen molar-refractivity contribution in [2.24, 2.45) is 0 Å². The van der Waals surface area contributed by atoms with Gasteiger partial charge in [0.05, 0.1) is 39.3 Å². The van der Waals surface area contributed by atoms with Crippen LogP contribution in [0.15, 0.2) is 91.0 Å². The van der Waals surface area contributed by atoms with Crippen molar-refractivity contribution in [3.8, 4) is 35.5 Å². The Kier molecular flexibility index (Phi) is 7.95. The van der Waals surface area contributed by atoms with Crippen LogP contribution in [-0.4, -0.2) is 39.3 Å². The molecule has 3 aromatic carbocycles. The van der Waals surface area contributed by atoms with E-state index in [-0.39, 0.29) is 0 Å². The largest absolute Gasteiger partial charge is 0.349 e. The van der Waals surface area contributed by atoms with Gasteiger partial charge in [0.25, 0.3) is 0 Å². The van der Waals surface area contributed by atoms with Gasteiger partial charge in [-0.15, -0.1) is 0 Å². The van der Waals surface area contributed by atoms with Crippen LogP contribution < -0.4 is 14.7 Å². The van der Waals surface area contributed by atoms with Crippen molar-refractivity contribution in [2.75, 3.05) is 54.0 Å². The Hall–Kier alpha value is -4.26. The zero-order valence-corrected chi connectivity index (χ0v) is 18.7. The molecule has 0 spiro atoms. The molecule has 0 saturated carbocycles. The lowest BCUT2D eigenvalue weighted by Crippen LogP contribution is -2.25. The predicted octanol–water partition coefficient (Wildman–Crippen LogP) is 4.53. The van der Waals surface area contributed by atoms with E-state index in [9.17, 15) is 0 Å². The van der Waals surface area contributed by atoms with Crippen molar-refractivity contribution in [3.63, 3.8) is 0 Å². The molecule has 0 radical (unpaired) electrons. The zero-order chi connectivity index (χ0) is 22.6. The lowest BCUT2D eigenvalue weighted by molar-refractivity contribution is 0.970. The monoisotopic (exact) mass is 429 g/mol. The highest BCUT2D eigenvalue weighted by Crippen LogP contribution is 2.14. The summed E-state index contributed by atoms with van der Waals surface area (Å²) in [6.45, 7) is 3.81. The van der Waals surface area contributed by atoms with Crippen molar-refractivity contribution >= 4 is 17.1 Å². The Bertz CT molecular complexity index is 1000. The summed E-state index contributed by atoms with van der Waals surface area (Å²) in [6.07, 6.45) is 0. The maximum atomic E-state index is 3.35. The highest BCUT2D eigenvalue weighted by Gasteiger charge is 2.06. The third kappa shape index (κ3) is 6.61. The van der Waals surface area contributed by atoms with Crippen LogP contribution in [0.4, 0.5) is 17.1 Å². The molecule has 3 heteroatoms. The molecular weight excluding hydrogens is 402 g/mol. The van der Waals surface area contributed by atoms with Crippen LogP contribution >= 0.6 is 0 Å². The van der Waals surface area contributed by atoms with Gasteiger partial charge in [0, 0.05) is 17.1 Å². The van der Waals surface area contributed by atoms with E-state index in [1.807, 2.05) is 18.2 Å². The van der Waals surface area contributed by atoms with Crippen molar-refractivity contribution in [2.45, 2.75) is 0 Å². The molecule has 0 bridgehead atoms. The third-order valence-corrected chi connectivity index (χ3v) is 5.36. The first-order valence-electron chi connectivity index (χ1n) is 11.2. The lowest BCUT2D eigenvalue weighted by Gasteiger charge is -2.20. The Morgan fingerprint density at radius 3 is 0.758 bits per heavy atom. The van der Waals surface area contributed by atoms with Crippen molar-refractivity contribution in [1.29, 1.82) is 0 Å². The number of nitrogens with zero attached hydrogens (tertiary/aromatic N) is 3. The molecule has 0 amide bonds. The summed E-state index contributed by atoms with van der Waals surface area (Å²) in [4.78, 5) is 6.65. The minimum atomic E-state index is 0.634. The molecule has 4 rings (SSSR count). The number of rotatable bonds is 3. The molecule has 1 heterocycles. The Labute approximate surface area is 197 Å². The van der Waals surface area contributed by atoms with Crippen molar-refractivity contribution in [3.05, 3.63) is 91.0 Å². The molecule has 0 aromatic heterocycles. The first-order valence-corrected chi connectivity index (χ1v) is 11.2. The summed E-state index contributed by atoms with van der Waals surface area (Å²) in [6, 6.07) is 31.1. The van der Waals surface area contributed by atoms with Gasteiger partial charge in [0.15, 0.2) is 0 Å². The SMILES string of the molecule is C1#CCN(c2ccccc2)CC#CCN(c2ccccc2)CC#CCN(c2ccccc2)C1. The maximum Gasteiger partial charge on any atom is 0.0804 e. The Morgan fingerprint density at radius 2 is 0.545 bits per heavy atom. The first-order chi connectivity index (χ1) is 16.4. The zero-order valence-electron chi connectivity index (χ0n) is 18.7. The number of benzene rings is 3. The average Bonchev–Trinajstić information content (AvgIpc) is 2.89. The maximum absolute atomic E-state index is 3.35. The van der Waals surface area contributed by atoms with Crippen LogP contribution in [0.25, 0.3) is 0 Å². The van der Waals surface area contributed by atoms with Gasteiger partial charge in [-0.2, -0.15) is 0 Å². The summed E-state index contributed by atoms with van der Waals surface area (Å²) in [7, 11) is 0. The average molecular weight is 430 g/mol. The van der Waals surface area contributed by atoms with Gasteiger partial charge in [0.1, 0.15) is 0 Å². The fraction of sp³-hybridized carbons (Fsp3) is 0.200. The Balaban J connectivity index is 1.60. The molecule has 0 atom stereocenters. The van der Waals surface area contributed by atoms with Crippen LogP contribution in [0.1, 0.15) is 0 Å². The van der Waals surface area contributed by atoms with E-state index in [4.69, 9.17) is 0 Å². The highest BCUT2D eigenvalue weighted by atomic mass is 15.1. The molecule has 1 aliphatic heterocycles. The van der Waals surface area contributed by atoms with Crippen LogP contribution in [0.2, 0.25) is 0 Å². The molecule has 0 N–H and O–H groups in total. The molecule has 3 nitrogen and oxygen atoms in total. The molecule has 0 saturated heterocycles. The lowest BCUT2D eigenvalue weighted by atomic mass is 10.2. The molecular formula is C30H27N3. The van der Waals surface area contributed by atoms with E-state index in [0.29, 0.717) is 39.3 Å². The van der Waals surface area contributed by atoms with Gasteiger partial charge in [-0.05, 0) is 36.4 Å². The molecule has 1 aliphatic rings. The number of hydrogen-bond donors (Lipinski definition) is 0. The quantitative estimate of drug-likeness (QED) is 0.567. The Morgan fingerprint density at radius 1 is 0.333 bits per heavy atom. The predicted molar refractivity (Wildman–Crippen MR) is 139 cm³/mol. The summed E-state index contributed by atoms with van der Waals surface area (Å²) >= 11 is 0. The van der Waals surface area contributed by atoms with Gasteiger partial charge in [0.2, 0.25) is 0 Å². The van der Waals surface area contributed by atoms with Gasteiger partial charge >= 0.3 is 0 Å². The number of para-hydroxylation sites is 3. The van der Waals surface area contributed by atoms with Crippen LogP contribution in [0.3, 0.4) is 0 Å². The molecule has 0 fully saturated rings. The topological polar surface area (TPSA) is 9.72 Å². The minimum absolute atomic E-state index is 0.634. The third-order valence-electron chi connectivity index (χ3n) is 5.36. The van der Waals surface area contributed by atoms with Gasteiger partial charge in [-0.3, -0.25) is 0 Å². The second-order valence-corrected chi connectivity index (χ2v) is 7.64. The molecule has 3 aromatic rings. The fourth-order valence-electron chi connectivity index (χ4n) is 3.54. The van der Waals surface area contributed by atoms with Crippen LogP contribution in [0, 0.1) is 35.5 Å². The van der Waals surface area contributed by atoms with E-state index in [1.165, 1.54) is 0 Å². The summed E-state index contributed by atoms with van der Waals surface area (Å²) in [5, 5.41) is 0. The van der Waals surface area contributed by atoms with E-state index in [1.54, 1.807) is 0 Å². The van der Waals surface area contributed by atoms with Crippen LogP contribution in [-0.2, 0) is 0 Å². The highest BCUT2D eigenvalue weighted by molar-refractivity contribution is 5.52. The van der Waals surface area contributed by atoms with Crippen molar-refractivity contribution < 1.29 is 0 Å². The first kappa shape index (κ1) is 22.0. The van der Waals surface area contributed by atoms with E-state index in [2.05, 4.69) is 123 Å². The fourth-order valence-corrected chi connectivity index (χ4v) is 3.54. The second-order valence-electron chi connectivity index (χ2n) is 7.64. The van der Waals surface area contributed by atoms with E-state index in [0.717, 1.165) is 17.1 Å². The van der Waals surface area contributed by atoms with E-state index < -0.39 is 0 Å². The second kappa shape index (κ2) is 12.0. The van der Waals surface area contributed by atoms with Crippen molar-refractivity contribution in [1.82, 2.24) is 0 Å².